The second-order valence-corrected chi connectivity index (χ2v) is 25.5. The van der Waals surface area contributed by atoms with Crippen LogP contribution in [0.5, 0.6) is 0 Å². The molecule has 3 rings (SSSR count). The van der Waals surface area contributed by atoms with Crippen LogP contribution in [-0.2, 0) is 10.8 Å². The van der Waals surface area contributed by atoms with Crippen molar-refractivity contribution in [3.05, 3.63) is 55.4 Å². The maximum Gasteiger partial charge on any atom is 0.192 e. The molecular formula is C30H46F2INO2Si2. The number of pyridine rings is 1. The fraction of sp³-hybridized carbons (Fsp3) is 0.633. The number of rotatable bonds is 6. The van der Waals surface area contributed by atoms with Gasteiger partial charge in [0.2, 0.25) is 0 Å². The average molecular weight is 674 g/mol. The first kappa shape index (κ1) is 31.8. The van der Waals surface area contributed by atoms with Crippen molar-refractivity contribution in [1.29, 1.82) is 0 Å². The Kier molecular flexibility index (Phi) is 8.89. The van der Waals surface area contributed by atoms with Crippen molar-refractivity contribution in [3.8, 4) is 0 Å². The number of nitrogens with zero attached hydrogens (tertiary/aromatic N) is 1. The summed E-state index contributed by atoms with van der Waals surface area (Å²) >= 11 is 2.32. The fourth-order valence-electron chi connectivity index (χ4n) is 5.21. The largest absolute Gasteiger partial charge is 0.410 e. The quantitative estimate of drug-likeness (QED) is 0.246. The molecule has 0 bridgehead atoms. The summed E-state index contributed by atoms with van der Waals surface area (Å²) in [7, 11) is -4.36. The molecule has 2 atom stereocenters. The summed E-state index contributed by atoms with van der Waals surface area (Å²) < 4.78 is 38.3. The van der Waals surface area contributed by atoms with E-state index in [0.717, 1.165) is 33.4 Å². The van der Waals surface area contributed by atoms with Gasteiger partial charge in [0, 0.05) is 25.6 Å². The molecule has 8 heteroatoms. The molecule has 212 valence electrons. The van der Waals surface area contributed by atoms with Gasteiger partial charge in [-0.2, -0.15) is 0 Å². The van der Waals surface area contributed by atoms with Crippen LogP contribution in [0.1, 0.15) is 101 Å². The van der Waals surface area contributed by atoms with E-state index in [1.807, 2.05) is 33.5 Å². The summed E-state index contributed by atoms with van der Waals surface area (Å²) in [4.78, 5) is 5.15. The molecule has 0 amide bonds. The van der Waals surface area contributed by atoms with E-state index in [-0.39, 0.29) is 33.2 Å². The molecule has 0 aliphatic heterocycles. The van der Waals surface area contributed by atoms with Crippen molar-refractivity contribution in [2.75, 3.05) is 0 Å². The van der Waals surface area contributed by atoms with Gasteiger partial charge in [0.25, 0.3) is 0 Å². The number of hydrogen-bond donors (Lipinski definition) is 1. The standard InChI is InChI=1S/C30H46F2INO2Si2/c1-17(2)26-24(27(35)18-13-19(31)28(20(32)14-18)37(8,9)10)25(33)23-21(34-26)15-30(6,7)16-22(23)36-38(11,12)29(3,4)5/h13-14,17,22,27,35H,15-16H2,1-12H3/t22-,27+/m0/s1. The van der Waals surface area contributed by atoms with Crippen molar-refractivity contribution < 1.29 is 18.3 Å². The van der Waals surface area contributed by atoms with Gasteiger partial charge in [-0.25, -0.2) is 8.78 Å². The van der Waals surface area contributed by atoms with E-state index in [9.17, 15) is 5.11 Å². The van der Waals surface area contributed by atoms with Gasteiger partial charge in [-0.1, -0.05) is 68.1 Å². The zero-order chi connectivity index (χ0) is 29.2. The predicted octanol–water partition coefficient (Wildman–Crippen LogP) is 8.75. The van der Waals surface area contributed by atoms with E-state index < -0.39 is 34.1 Å². The molecule has 1 N–H and O–H groups in total. The lowest BCUT2D eigenvalue weighted by Crippen LogP contribution is -2.44. The topological polar surface area (TPSA) is 42.4 Å². The van der Waals surface area contributed by atoms with Gasteiger partial charge < -0.3 is 9.53 Å². The molecule has 0 saturated heterocycles. The number of hydrogen-bond acceptors (Lipinski definition) is 3. The Morgan fingerprint density at radius 3 is 2.05 bits per heavy atom. The van der Waals surface area contributed by atoms with E-state index in [1.54, 1.807) is 0 Å². The summed E-state index contributed by atoms with van der Waals surface area (Å²) in [6.07, 6.45) is 0.332. The van der Waals surface area contributed by atoms with Gasteiger partial charge in [-0.15, -0.1) is 0 Å². The van der Waals surface area contributed by atoms with E-state index >= 15 is 8.78 Å². The van der Waals surface area contributed by atoms with Crippen LogP contribution in [0.25, 0.3) is 0 Å². The molecule has 1 heterocycles. The third-order valence-corrected chi connectivity index (χ3v) is 15.8. The van der Waals surface area contributed by atoms with Crippen LogP contribution in [0.3, 0.4) is 0 Å². The minimum atomic E-state index is -2.24. The Morgan fingerprint density at radius 2 is 1.61 bits per heavy atom. The molecule has 1 aromatic carbocycles. The molecule has 0 radical (unpaired) electrons. The predicted molar refractivity (Wildman–Crippen MR) is 168 cm³/mol. The average Bonchev–Trinajstić information content (AvgIpc) is 2.68. The number of aliphatic hydroxyl groups excluding tert-OH is 1. The van der Waals surface area contributed by atoms with Crippen molar-refractivity contribution in [2.24, 2.45) is 5.41 Å². The minimum absolute atomic E-state index is 0.0173. The molecular weight excluding hydrogens is 627 g/mol. The maximum absolute atomic E-state index is 15.2. The lowest BCUT2D eigenvalue weighted by atomic mass is 9.74. The second-order valence-electron chi connectivity index (χ2n) is 14.7. The molecule has 0 unspecified atom stereocenters. The molecule has 3 nitrogen and oxygen atoms in total. The van der Waals surface area contributed by atoms with Crippen LogP contribution in [0.15, 0.2) is 12.1 Å². The van der Waals surface area contributed by atoms with E-state index in [0.29, 0.717) is 5.56 Å². The Bertz CT molecular complexity index is 1190. The first-order chi connectivity index (χ1) is 17.1. The van der Waals surface area contributed by atoms with Crippen LogP contribution >= 0.6 is 22.6 Å². The highest BCUT2D eigenvalue weighted by Crippen LogP contribution is 2.50. The molecule has 1 aliphatic rings. The second kappa shape index (κ2) is 10.6. The van der Waals surface area contributed by atoms with Crippen molar-refractivity contribution >= 4 is 44.2 Å². The van der Waals surface area contributed by atoms with E-state index in [2.05, 4.69) is 70.3 Å². The van der Waals surface area contributed by atoms with Crippen LogP contribution in [0.2, 0.25) is 37.8 Å². The van der Waals surface area contributed by atoms with Crippen molar-refractivity contribution in [3.63, 3.8) is 0 Å². The molecule has 0 saturated carbocycles. The van der Waals surface area contributed by atoms with Crippen molar-refractivity contribution in [1.82, 2.24) is 4.98 Å². The Hall–Kier alpha value is -0.686. The third-order valence-electron chi connectivity index (χ3n) is 8.21. The van der Waals surface area contributed by atoms with E-state index in [4.69, 9.17) is 9.41 Å². The number of fused-ring (bicyclic) bond motifs is 1. The Balaban J connectivity index is 2.25. The fourth-order valence-corrected chi connectivity index (χ4v) is 9.28. The molecule has 1 aromatic heterocycles. The smallest absolute Gasteiger partial charge is 0.192 e. The highest BCUT2D eigenvalue weighted by molar-refractivity contribution is 14.1. The maximum atomic E-state index is 15.2. The van der Waals surface area contributed by atoms with Gasteiger partial charge in [0.05, 0.1) is 19.9 Å². The van der Waals surface area contributed by atoms with Gasteiger partial charge in [-0.05, 0) is 82.6 Å². The highest BCUT2D eigenvalue weighted by atomic mass is 127. The van der Waals surface area contributed by atoms with Crippen LogP contribution in [0.4, 0.5) is 8.78 Å². The molecule has 2 aromatic rings. The zero-order valence-corrected chi connectivity index (χ0v) is 29.4. The van der Waals surface area contributed by atoms with Gasteiger partial charge in [0.1, 0.15) is 17.7 Å². The van der Waals surface area contributed by atoms with Gasteiger partial charge in [0.15, 0.2) is 8.32 Å². The summed E-state index contributed by atoms with van der Waals surface area (Å²) in [6.45, 7) is 25.6. The van der Waals surface area contributed by atoms with Gasteiger partial charge >= 0.3 is 0 Å². The lowest BCUT2D eigenvalue weighted by molar-refractivity contribution is 0.104. The third kappa shape index (κ3) is 6.29. The first-order valence-electron chi connectivity index (χ1n) is 13.6. The number of aromatic nitrogens is 1. The summed E-state index contributed by atoms with van der Waals surface area (Å²) in [5.41, 5.74) is 3.71. The minimum Gasteiger partial charge on any atom is -0.410 e. The Morgan fingerprint density at radius 1 is 1.08 bits per heavy atom. The summed E-state index contributed by atoms with van der Waals surface area (Å²) in [5.74, 6) is -1.13. The van der Waals surface area contributed by atoms with Gasteiger partial charge in [-0.3, -0.25) is 4.98 Å². The van der Waals surface area contributed by atoms with Crippen molar-refractivity contribution in [2.45, 2.75) is 117 Å². The lowest BCUT2D eigenvalue weighted by Gasteiger charge is -2.44. The van der Waals surface area contributed by atoms with Crippen LogP contribution < -0.4 is 5.19 Å². The number of aliphatic hydroxyl groups is 1. The molecule has 0 fully saturated rings. The molecule has 0 spiro atoms. The molecule has 1 aliphatic carbocycles. The van der Waals surface area contributed by atoms with Crippen LogP contribution in [-0.4, -0.2) is 26.5 Å². The van der Waals surface area contributed by atoms with Crippen LogP contribution in [0, 0.1) is 20.6 Å². The highest BCUT2D eigenvalue weighted by Gasteiger charge is 2.44. The normalized spacial score (nSPS) is 19.0. The SMILES string of the molecule is CC(C)c1nc2c(c(I)c1[C@H](O)c1cc(F)c([Si](C)(C)C)c(F)c1)[C@@H](O[Si](C)(C)C(C)(C)C)CC(C)(C)C2. The number of benzene rings is 1. The van der Waals surface area contributed by atoms with E-state index in [1.165, 1.54) is 12.1 Å². The summed E-state index contributed by atoms with van der Waals surface area (Å²) in [5, 5.41) is 11.9. The summed E-state index contributed by atoms with van der Waals surface area (Å²) in [6, 6.07) is 2.63. The first-order valence-corrected chi connectivity index (χ1v) is 21.1. The Labute approximate surface area is 244 Å². The number of halogens is 3. The monoisotopic (exact) mass is 673 g/mol. The zero-order valence-electron chi connectivity index (χ0n) is 25.2. The molecule has 38 heavy (non-hydrogen) atoms.